The van der Waals surface area contributed by atoms with Gasteiger partial charge >= 0.3 is 0 Å². The number of sulfonamides is 1. The quantitative estimate of drug-likeness (QED) is 0.752. The number of carbonyl (C=O) groups excluding carboxylic acids is 1. The zero-order valence-electron chi connectivity index (χ0n) is 10.9. The van der Waals surface area contributed by atoms with Gasteiger partial charge in [0.25, 0.3) is 0 Å². The first kappa shape index (κ1) is 15.3. The molecule has 1 aliphatic rings. The van der Waals surface area contributed by atoms with Gasteiger partial charge in [0, 0.05) is 24.0 Å². The van der Waals surface area contributed by atoms with E-state index in [-0.39, 0.29) is 30.0 Å². The summed E-state index contributed by atoms with van der Waals surface area (Å²) in [6.45, 7) is 0.187. The lowest BCUT2D eigenvalue weighted by Crippen LogP contribution is -2.26. The second-order valence-electron chi connectivity index (χ2n) is 4.79. The number of hydrogen-bond acceptors (Lipinski definition) is 3. The molecule has 1 aromatic carbocycles. The summed E-state index contributed by atoms with van der Waals surface area (Å²) >= 11 is 5.42. The molecule has 20 heavy (non-hydrogen) atoms. The first-order valence-corrected chi connectivity index (χ1v) is 8.62. The summed E-state index contributed by atoms with van der Waals surface area (Å²) in [5.74, 6) is 0.130. The van der Waals surface area contributed by atoms with E-state index in [0.29, 0.717) is 5.69 Å². The van der Waals surface area contributed by atoms with Gasteiger partial charge in [0.2, 0.25) is 15.9 Å². The molecule has 7 heteroatoms. The topological polar surface area (TPSA) is 75.3 Å². The largest absolute Gasteiger partial charge is 0.326 e. The highest BCUT2D eigenvalue weighted by molar-refractivity contribution is 7.89. The monoisotopic (exact) mass is 316 g/mol. The van der Waals surface area contributed by atoms with E-state index in [2.05, 4.69) is 10.0 Å². The van der Waals surface area contributed by atoms with Gasteiger partial charge in [-0.2, -0.15) is 0 Å². The van der Waals surface area contributed by atoms with Gasteiger partial charge in [0.05, 0.1) is 5.75 Å². The Balaban J connectivity index is 1.93. The van der Waals surface area contributed by atoms with Crippen LogP contribution in [0, 0.1) is 5.92 Å². The van der Waals surface area contributed by atoms with E-state index >= 15 is 0 Å². The molecule has 0 radical (unpaired) electrons. The van der Waals surface area contributed by atoms with Crippen LogP contribution in [-0.4, -0.2) is 26.0 Å². The third-order valence-electron chi connectivity index (χ3n) is 2.98. The smallest absolute Gasteiger partial charge is 0.227 e. The van der Waals surface area contributed by atoms with Crippen LogP contribution in [-0.2, 0) is 21.4 Å². The number of alkyl halides is 1. The average molecular weight is 317 g/mol. The van der Waals surface area contributed by atoms with Crippen LogP contribution in [0.4, 0.5) is 5.69 Å². The summed E-state index contributed by atoms with van der Waals surface area (Å²) in [6.07, 6.45) is 1.90. The lowest BCUT2D eigenvalue weighted by molar-refractivity contribution is -0.117. The number of halogens is 1. The van der Waals surface area contributed by atoms with Crippen molar-refractivity contribution in [2.24, 2.45) is 5.92 Å². The molecule has 1 aromatic rings. The second kappa shape index (κ2) is 6.56. The Bertz CT molecular complexity index is 585. The van der Waals surface area contributed by atoms with E-state index in [9.17, 15) is 13.2 Å². The molecule has 0 aromatic heterocycles. The summed E-state index contributed by atoms with van der Waals surface area (Å²) in [5, 5.41) is 2.83. The first-order valence-electron chi connectivity index (χ1n) is 6.43. The molecular weight excluding hydrogens is 300 g/mol. The fraction of sp³-hybridized carbons (Fsp3) is 0.462. The molecule has 2 rings (SSSR count). The number of amides is 1. The van der Waals surface area contributed by atoms with Crippen molar-refractivity contribution in [2.75, 3.05) is 16.9 Å². The van der Waals surface area contributed by atoms with E-state index < -0.39 is 10.0 Å². The molecule has 2 N–H and O–H groups in total. The molecule has 5 nitrogen and oxygen atoms in total. The second-order valence-corrected chi connectivity index (χ2v) is 7.10. The van der Waals surface area contributed by atoms with Crippen LogP contribution >= 0.6 is 11.6 Å². The van der Waals surface area contributed by atoms with Crippen molar-refractivity contribution in [1.82, 2.24) is 4.72 Å². The van der Waals surface area contributed by atoms with Gasteiger partial charge in [0.15, 0.2) is 0 Å². The van der Waals surface area contributed by atoms with Crippen molar-refractivity contribution in [3.63, 3.8) is 0 Å². The highest BCUT2D eigenvalue weighted by Gasteiger charge is 2.29. The Morgan fingerprint density at radius 2 is 2.10 bits per heavy atom. The molecule has 1 fully saturated rings. The highest BCUT2D eigenvalue weighted by atomic mass is 35.5. The van der Waals surface area contributed by atoms with Crippen molar-refractivity contribution in [2.45, 2.75) is 19.4 Å². The summed E-state index contributed by atoms with van der Waals surface area (Å²) in [7, 11) is -3.34. The zero-order valence-corrected chi connectivity index (χ0v) is 12.5. The van der Waals surface area contributed by atoms with E-state index in [1.165, 1.54) is 0 Å². The first-order chi connectivity index (χ1) is 9.50. The van der Waals surface area contributed by atoms with Crippen LogP contribution in [0.15, 0.2) is 24.3 Å². The van der Waals surface area contributed by atoms with Gasteiger partial charge in [-0.3, -0.25) is 4.79 Å². The van der Waals surface area contributed by atoms with E-state index in [1.54, 1.807) is 24.3 Å². The minimum absolute atomic E-state index is 0.0323. The van der Waals surface area contributed by atoms with Gasteiger partial charge in [0.1, 0.15) is 0 Å². The molecule has 0 spiro atoms. The molecule has 0 saturated heterocycles. The Labute approximate surface area is 123 Å². The number of rotatable bonds is 7. The van der Waals surface area contributed by atoms with E-state index in [1.807, 2.05) is 0 Å². The molecule has 0 unspecified atom stereocenters. The molecular formula is C13H17ClN2O3S. The molecule has 0 atom stereocenters. The number of carbonyl (C=O) groups is 1. The van der Waals surface area contributed by atoms with E-state index in [4.69, 9.17) is 11.6 Å². The highest BCUT2D eigenvalue weighted by Crippen LogP contribution is 2.30. The van der Waals surface area contributed by atoms with Gasteiger partial charge in [-0.05, 0) is 30.5 Å². The van der Waals surface area contributed by atoms with Crippen LogP contribution in [0.2, 0.25) is 0 Å². The molecule has 1 saturated carbocycles. The van der Waals surface area contributed by atoms with Crippen molar-refractivity contribution in [1.29, 1.82) is 0 Å². The molecule has 0 heterocycles. The number of benzene rings is 1. The lowest BCUT2D eigenvalue weighted by Gasteiger charge is -2.08. The molecule has 1 amide bonds. The van der Waals surface area contributed by atoms with Crippen LogP contribution in [0.1, 0.15) is 18.4 Å². The molecule has 0 bridgehead atoms. The van der Waals surface area contributed by atoms with Gasteiger partial charge in [-0.1, -0.05) is 12.1 Å². The van der Waals surface area contributed by atoms with Crippen molar-refractivity contribution >= 4 is 33.2 Å². The fourth-order valence-corrected chi connectivity index (χ4v) is 3.06. The van der Waals surface area contributed by atoms with E-state index in [0.717, 1.165) is 18.4 Å². The Morgan fingerprint density at radius 3 is 2.75 bits per heavy atom. The fourth-order valence-electron chi connectivity index (χ4n) is 1.72. The summed E-state index contributed by atoms with van der Waals surface area (Å²) in [5.41, 5.74) is 1.48. The minimum Gasteiger partial charge on any atom is -0.326 e. The molecule has 110 valence electrons. The summed E-state index contributed by atoms with van der Waals surface area (Å²) in [4.78, 5) is 11.7. The Kier molecular flexibility index (Phi) is 5.01. The zero-order chi connectivity index (χ0) is 14.6. The standard InChI is InChI=1S/C13H17ClN2O3S/c14-6-7-20(18,19)15-9-10-2-1-3-12(8-10)16-13(17)11-4-5-11/h1-3,8,11,15H,4-7,9H2,(H,16,17). The Hall–Kier alpha value is -1.11. The van der Waals surface area contributed by atoms with Crippen LogP contribution in [0.3, 0.4) is 0 Å². The lowest BCUT2D eigenvalue weighted by atomic mass is 10.2. The van der Waals surface area contributed by atoms with Crippen LogP contribution < -0.4 is 10.0 Å². The van der Waals surface area contributed by atoms with Crippen LogP contribution in [0.5, 0.6) is 0 Å². The normalized spacial score (nSPS) is 15.1. The third-order valence-corrected chi connectivity index (χ3v) is 4.72. The average Bonchev–Trinajstić information content (AvgIpc) is 3.21. The van der Waals surface area contributed by atoms with Crippen molar-refractivity contribution in [3.8, 4) is 0 Å². The van der Waals surface area contributed by atoms with Gasteiger partial charge in [-0.15, -0.1) is 11.6 Å². The maximum absolute atomic E-state index is 11.7. The van der Waals surface area contributed by atoms with Gasteiger partial charge in [-0.25, -0.2) is 13.1 Å². The summed E-state index contributed by atoms with van der Waals surface area (Å²) < 4.78 is 25.5. The number of hydrogen-bond donors (Lipinski definition) is 2. The SMILES string of the molecule is O=C(Nc1cccc(CNS(=O)(=O)CCCl)c1)C1CC1. The molecule has 0 aliphatic heterocycles. The maximum atomic E-state index is 11.7. The molecule has 1 aliphatic carbocycles. The minimum atomic E-state index is -3.34. The Morgan fingerprint density at radius 1 is 1.35 bits per heavy atom. The van der Waals surface area contributed by atoms with Crippen molar-refractivity contribution in [3.05, 3.63) is 29.8 Å². The third kappa shape index (κ3) is 4.77. The van der Waals surface area contributed by atoms with Crippen molar-refractivity contribution < 1.29 is 13.2 Å². The predicted molar refractivity (Wildman–Crippen MR) is 79.1 cm³/mol. The van der Waals surface area contributed by atoms with Gasteiger partial charge < -0.3 is 5.32 Å². The number of nitrogens with one attached hydrogen (secondary N) is 2. The predicted octanol–water partition coefficient (Wildman–Crippen LogP) is 1.69. The summed E-state index contributed by atoms with van der Waals surface area (Å²) in [6, 6.07) is 7.14. The number of anilines is 1. The van der Waals surface area contributed by atoms with Crippen LogP contribution in [0.25, 0.3) is 0 Å². The maximum Gasteiger partial charge on any atom is 0.227 e.